The van der Waals surface area contributed by atoms with Crippen LogP contribution in [0.3, 0.4) is 0 Å². The largest absolute Gasteiger partial charge is 0.345 e. The number of aryl methyl sites for hydroxylation is 1. The number of fused-ring (bicyclic) bond motifs is 1. The van der Waals surface area contributed by atoms with E-state index in [2.05, 4.69) is 20.1 Å². The lowest BCUT2D eigenvalue weighted by Crippen LogP contribution is -2.49. The SMILES string of the molecule is CC(NC(=O)[C@H](N)C(C)(C)C)c1nnc2n1CCC2. The van der Waals surface area contributed by atoms with Crippen LogP contribution in [0, 0.1) is 5.41 Å². The van der Waals surface area contributed by atoms with Crippen LogP contribution in [-0.4, -0.2) is 26.7 Å². The molecule has 3 N–H and O–H groups in total. The molecule has 0 radical (unpaired) electrons. The quantitative estimate of drug-likeness (QED) is 0.845. The maximum atomic E-state index is 12.1. The molecular formula is C13H23N5O. The third-order valence-electron chi connectivity index (χ3n) is 3.60. The van der Waals surface area contributed by atoms with Crippen LogP contribution >= 0.6 is 0 Å². The smallest absolute Gasteiger partial charge is 0.238 e. The maximum absolute atomic E-state index is 12.1. The van der Waals surface area contributed by atoms with E-state index in [0.29, 0.717) is 0 Å². The Labute approximate surface area is 113 Å². The van der Waals surface area contributed by atoms with Crippen LogP contribution in [0.5, 0.6) is 0 Å². The molecular weight excluding hydrogens is 242 g/mol. The van der Waals surface area contributed by atoms with Crippen LogP contribution in [0.2, 0.25) is 0 Å². The minimum Gasteiger partial charge on any atom is -0.345 e. The van der Waals surface area contributed by atoms with Gasteiger partial charge in [-0.15, -0.1) is 10.2 Å². The predicted molar refractivity (Wildman–Crippen MR) is 72.3 cm³/mol. The fraction of sp³-hybridized carbons (Fsp3) is 0.769. The molecule has 1 aliphatic heterocycles. The number of hydrogen-bond acceptors (Lipinski definition) is 4. The number of nitrogens with one attached hydrogen (secondary N) is 1. The van der Waals surface area contributed by atoms with Crippen molar-refractivity contribution in [1.82, 2.24) is 20.1 Å². The molecule has 0 fully saturated rings. The summed E-state index contributed by atoms with van der Waals surface area (Å²) in [7, 11) is 0. The van der Waals surface area contributed by atoms with Crippen LogP contribution in [0.25, 0.3) is 0 Å². The van der Waals surface area contributed by atoms with Crippen LogP contribution < -0.4 is 11.1 Å². The van der Waals surface area contributed by atoms with Crippen LogP contribution in [0.1, 0.15) is 51.8 Å². The molecule has 19 heavy (non-hydrogen) atoms. The number of aromatic nitrogens is 3. The Morgan fingerprint density at radius 2 is 2.11 bits per heavy atom. The van der Waals surface area contributed by atoms with E-state index >= 15 is 0 Å². The lowest BCUT2D eigenvalue weighted by Gasteiger charge is -2.27. The molecule has 6 heteroatoms. The van der Waals surface area contributed by atoms with Crippen molar-refractivity contribution >= 4 is 5.91 Å². The molecule has 2 heterocycles. The van der Waals surface area contributed by atoms with Gasteiger partial charge in [-0.1, -0.05) is 20.8 Å². The van der Waals surface area contributed by atoms with Crippen molar-refractivity contribution < 1.29 is 4.79 Å². The number of amides is 1. The molecule has 1 aromatic heterocycles. The highest BCUT2D eigenvalue weighted by Crippen LogP contribution is 2.21. The summed E-state index contributed by atoms with van der Waals surface area (Å²) in [6.07, 6.45) is 2.06. The molecule has 106 valence electrons. The molecule has 1 amide bonds. The summed E-state index contributed by atoms with van der Waals surface area (Å²) in [4.78, 5) is 12.1. The van der Waals surface area contributed by atoms with Crippen LogP contribution in [0.15, 0.2) is 0 Å². The number of rotatable bonds is 3. The highest BCUT2D eigenvalue weighted by Gasteiger charge is 2.30. The van der Waals surface area contributed by atoms with E-state index in [0.717, 1.165) is 31.0 Å². The van der Waals surface area contributed by atoms with Gasteiger partial charge in [0, 0.05) is 13.0 Å². The summed E-state index contributed by atoms with van der Waals surface area (Å²) in [5.41, 5.74) is 5.70. The van der Waals surface area contributed by atoms with E-state index in [1.54, 1.807) is 0 Å². The van der Waals surface area contributed by atoms with Gasteiger partial charge in [-0.2, -0.15) is 0 Å². The second-order valence-electron chi connectivity index (χ2n) is 6.30. The van der Waals surface area contributed by atoms with Crippen molar-refractivity contribution in [3.63, 3.8) is 0 Å². The molecule has 0 saturated heterocycles. The number of carbonyl (C=O) groups is 1. The van der Waals surface area contributed by atoms with E-state index in [1.165, 1.54) is 0 Å². The Balaban J connectivity index is 2.05. The zero-order valence-electron chi connectivity index (χ0n) is 12.1. The molecule has 0 bridgehead atoms. The van der Waals surface area contributed by atoms with Gasteiger partial charge in [0.05, 0.1) is 12.1 Å². The first-order valence-electron chi connectivity index (χ1n) is 6.78. The first kappa shape index (κ1) is 14.0. The first-order valence-corrected chi connectivity index (χ1v) is 6.78. The van der Waals surface area contributed by atoms with Gasteiger partial charge in [-0.25, -0.2) is 0 Å². The highest BCUT2D eigenvalue weighted by molar-refractivity contribution is 5.82. The lowest BCUT2D eigenvalue weighted by atomic mass is 9.87. The molecule has 0 aliphatic carbocycles. The monoisotopic (exact) mass is 265 g/mol. The van der Waals surface area contributed by atoms with E-state index in [-0.39, 0.29) is 17.4 Å². The third kappa shape index (κ3) is 2.78. The van der Waals surface area contributed by atoms with Crippen molar-refractivity contribution in [3.8, 4) is 0 Å². The molecule has 0 saturated carbocycles. The van der Waals surface area contributed by atoms with Gasteiger partial charge < -0.3 is 15.6 Å². The number of nitrogens with two attached hydrogens (primary N) is 1. The summed E-state index contributed by atoms with van der Waals surface area (Å²) < 4.78 is 2.09. The molecule has 2 atom stereocenters. The van der Waals surface area contributed by atoms with Crippen molar-refractivity contribution in [2.75, 3.05) is 0 Å². The fourth-order valence-electron chi connectivity index (χ4n) is 2.25. The number of nitrogens with zero attached hydrogens (tertiary/aromatic N) is 3. The van der Waals surface area contributed by atoms with Gasteiger partial charge in [0.1, 0.15) is 5.82 Å². The lowest BCUT2D eigenvalue weighted by molar-refractivity contribution is -0.125. The summed E-state index contributed by atoms with van der Waals surface area (Å²) in [6.45, 7) is 8.72. The average molecular weight is 265 g/mol. The van der Waals surface area contributed by atoms with E-state index < -0.39 is 6.04 Å². The van der Waals surface area contributed by atoms with Gasteiger partial charge in [0.15, 0.2) is 5.82 Å². The molecule has 0 aromatic carbocycles. The molecule has 6 nitrogen and oxygen atoms in total. The summed E-state index contributed by atoms with van der Waals surface area (Å²) in [5, 5.41) is 11.2. The van der Waals surface area contributed by atoms with Gasteiger partial charge in [0.2, 0.25) is 5.91 Å². The third-order valence-corrected chi connectivity index (χ3v) is 3.60. The van der Waals surface area contributed by atoms with Crippen LogP contribution in [-0.2, 0) is 17.8 Å². The predicted octanol–water partition coefficient (Wildman–Crippen LogP) is 0.775. The highest BCUT2D eigenvalue weighted by atomic mass is 16.2. The molecule has 1 aliphatic rings. The van der Waals surface area contributed by atoms with E-state index in [4.69, 9.17) is 5.73 Å². The minimum absolute atomic E-state index is 0.143. The average Bonchev–Trinajstić information content (AvgIpc) is 2.87. The topological polar surface area (TPSA) is 85.8 Å². The van der Waals surface area contributed by atoms with Gasteiger partial charge >= 0.3 is 0 Å². The second kappa shape index (κ2) is 4.92. The normalized spacial score (nSPS) is 17.9. The molecule has 1 aromatic rings. The Bertz CT molecular complexity index is 474. The minimum atomic E-state index is -0.532. The van der Waals surface area contributed by atoms with Crippen molar-refractivity contribution in [2.24, 2.45) is 11.1 Å². The summed E-state index contributed by atoms with van der Waals surface area (Å²) in [6, 6.07) is -0.698. The Morgan fingerprint density at radius 1 is 1.42 bits per heavy atom. The first-order chi connectivity index (χ1) is 8.80. The van der Waals surface area contributed by atoms with Crippen molar-refractivity contribution in [3.05, 3.63) is 11.6 Å². The Hall–Kier alpha value is -1.43. The zero-order valence-corrected chi connectivity index (χ0v) is 12.1. The van der Waals surface area contributed by atoms with E-state index in [9.17, 15) is 4.79 Å². The van der Waals surface area contributed by atoms with Gasteiger partial charge in [-0.3, -0.25) is 4.79 Å². The Kier molecular flexibility index (Phi) is 3.62. The molecule has 1 unspecified atom stereocenters. The second-order valence-corrected chi connectivity index (χ2v) is 6.30. The zero-order chi connectivity index (χ0) is 14.2. The summed E-state index contributed by atoms with van der Waals surface area (Å²) in [5.74, 6) is 1.69. The molecule has 0 spiro atoms. The van der Waals surface area contributed by atoms with E-state index in [1.807, 2.05) is 27.7 Å². The maximum Gasteiger partial charge on any atom is 0.238 e. The standard InChI is InChI=1S/C13H23N5O/c1-8(15-12(19)10(14)13(2,3)4)11-17-16-9-6-5-7-18(9)11/h8,10H,5-7,14H2,1-4H3,(H,15,19)/t8?,10-/m0/s1. The summed E-state index contributed by atoms with van der Waals surface area (Å²) >= 11 is 0. The molecule has 2 rings (SSSR count). The van der Waals surface area contributed by atoms with Gasteiger partial charge in [-0.05, 0) is 18.8 Å². The number of hydrogen-bond donors (Lipinski definition) is 2. The van der Waals surface area contributed by atoms with Gasteiger partial charge in [0.25, 0.3) is 0 Å². The fourth-order valence-corrected chi connectivity index (χ4v) is 2.25. The van der Waals surface area contributed by atoms with Crippen molar-refractivity contribution in [1.29, 1.82) is 0 Å². The Morgan fingerprint density at radius 3 is 2.74 bits per heavy atom. The number of carbonyl (C=O) groups excluding carboxylic acids is 1. The van der Waals surface area contributed by atoms with Crippen molar-refractivity contribution in [2.45, 2.75) is 59.2 Å². The van der Waals surface area contributed by atoms with Crippen LogP contribution in [0.4, 0.5) is 0 Å².